The number of likely N-dealkylation sites (tertiary alicyclic amines) is 2. The summed E-state index contributed by atoms with van der Waals surface area (Å²) in [5.41, 5.74) is 0.00250. The zero-order chi connectivity index (χ0) is 15.5. The van der Waals surface area contributed by atoms with Crippen LogP contribution < -0.4 is 0 Å². The predicted molar refractivity (Wildman–Crippen MR) is 78.0 cm³/mol. The Morgan fingerprint density at radius 3 is 2.82 bits per heavy atom. The van der Waals surface area contributed by atoms with Crippen molar-refractivity contribution < 1.29 is 14.1 Å². The number of nitrogens with zero attached hydrogens (tertiary/aromatic N) is 3. The van der Waals surface area contributed by atoms with Gasteiger partial charge in [-0.05, 0) is 25.7 Å². The zero-order valence-electron chi connectivity index (χ0n) is 13.0. The lowest BCUT2D eigenvalue weighted by atomic mass is 9.66. The summed E-state index contributed by atoms with van der Waals surface area (Å²) < 4.78 is 5.08. The van der Waals surface area contributed by atoms with Gasteiger partial charge in [-0.3, -0.25) is 9.59 Å². The van der Waals surface area contributed by atoms with E-state index < -0.39 is 0 Å². The molecule has 6 nitrogen and oxygen atoms in total. The van der Waals surface area contributed by atoms with E-state index in [0.717, 1.165) is 25.7 Å². The molecule has 3 aliphatic rings. The maximum Gasteiger partial charge on any atom is 0.293 e. The van der Waals surface area contributed by atoms with E-state index >= 15 is 0 Å². The van der Waals surface area contributed by atoms with Crippen molar-refractivity contribution in [2.24, 2.45) is 5.41 Å². The number of hydrogen-bond acceptors (Lipinski definition) is 4. The quantitative estimate of drug-likeness (QED) is 0.791. The normalized spacial score (nSPS) is 36.5. The number of aromatic nitrogens is 1. The molecule has 1 aromatic rings. The fourth-order valence-corrected chi connectivity index (χ4v) is 5.10. The molecule has 2 bridgehead atoms. The number of carbonyl (C=O) groups is 2. The molecule has 3 heterocycles. The van der Waals surface area contributed by atoms with Crippen molar-refractivity contribution in [1.29, 1.82) is 0 Å². The van der Waals surface area contributed by atoms with Crippen molar-refractivity contribution in [3.63, 3.8) is 0 Å². The van der Waals surface area contributed by atoms with Gasteiger partial charge < -0.3 is 14.3 Å². The van der Waals surface area contributed by atoms with E-state index in [4.69, 9.17) is 4.52 Å². The van der Waals surface area contributed by atoms with Gasteiger partial charge >= 0.3 is 0 Å². The van der Waals surface area contributed by atoms with Gasteiger partial charge in [0, 0.05) is 37.0 Å². The summed E-state index contributed by atoms with van der Waals surface area (Å²) in [7, 11) is 0. The van der Waals surface area contributed by atoms with E-state index in [2.05, 4.69) is 12.1 Å². The van der Waals surface area contributed by atoms with E-state index in [1.165, 1.54) is 6.20 Å². The molecule has 118 valence electrons. The Labute approximate surface area is 129 Å². The summed E-state index contributed by atoms with van der Waals surface area (Å²) in [5, 5.41) is 3.65. The van der Waals surface area contributed by atoms with E-state index in [0.29, 0.717) is 12.3 Å². The van der Waals surface area contributed by atoms with Crippen LogP contribution in [0, 0.1) is 5.41 Å². The molecular weight excluding hydrogens is 282 g/mol. The summed E-state index contributed by atoms with van der Waals surface area (Å²) >= 11 is 0. The smallest absolute Gasteiger partial charge is 0.293 e. The molecule has 1 aliphatic carbocycles. The molecule has 2 amide bonds. The van der Waals surface area contributed by atoms with Gasteiger partial charge in [0.25, 0.3) is 5.91 Å². The Morgan fingerprint density at radius 2 is 2.14 bits per heavy atom. The number of amides is 2. The standard InChI is InChI=1S/C16H21N3O3/c1-10(20)18-9-11-8-16(2)13(18)4-3-5-14(16)19(11)15(21)12-6-7-17-22-12/h6-7,11,13-14H,3-5,8-9H2,1-2H3/t11-,13+,14-,16+/m0/s1. The molecule has 1 aromatic heterocycles. The Bertz CT molecular complexity index is 614. The molecule has 1 saturated carbocycles. The number of piperidine rings is 1. The lowest BCUT2D eigenvalue weighted by Gasteiger charge is -2.49. The molecule has 4 atom stereocenters. The molecule has 0 aromatic carbocycles. The SMILES string of the molecule is CC(=O)N1C[C@@H]2C[C@@]3(C)[C@H](CCC[C@@H]13)N2C(=O)c1ccno1. The second-order valence-corrected chi connectivity index (χ2v) is 7.09. The van der Waals surface area contributed by atoms with Gasteiger partial charge in [-0.15, -0.1) is 0 Å². The summed E-state index contributed by atoms with van der Waals surface area (Å²) in [4.78, 5) is 28.9. The van der Waals surface area contributed by atoms with Crippen molar-refractivity contribution in [2.45, 2.75) is 57.7 Å². The van der Waals surface area contributed by atoms with Crippen LogP contribution >= 0.6 is 0 Å². The van der Waals surface area contributed by atoms with Crippen molar-refractivity contribution in [3.8, 4) is 0 Å². The number of hydrogen-bond donors (Lipinski definition) is 0. The number of carbonyl (C=O) groups excluding carboxylic acids is 2. The third-order valence-electron chi connectivity index (χ3n) is 5.95. The first kappa shape index (κ1) is 13.8. The van der Waals surface area contributed by atoms with Crippen LogP contribution in [0.1, 0.15) is 50.1 Å². The van der Waals surface area contributed by atoms with Crippen molar-refractivity contribution in [3.05, 3.63) is 18.0 Å². The molecule has 0 unspecified atom stereocenters. The van der Waals surface area contributed by atoms with Gasteiger partial charge in [-0.25, -0.2) is 0 Å². The van der Waals surface area contributed by atoms with Gasteiger partial charge in [0.2, 0.25) is 11.7 Å². The van der Waals surface area contributed by atoms with Crippen LogP contribution in [0.3, 0.4) is 0 Å². The number of fused-ring (bicyclic) bond motifs is 1. The minimum absolute atomic E-state index is 0.00250. The molecule has 0 spiro atoms. The Hall–Kier alpha value is -1.85. The minimum Gasteiger partial charge on any atom is -0.351 e. The van der Waals surface area contributed by atoms with Crippen LogP contribution in [0.4, 0.5) is 0 Å². The van der Waals surface area contributed by atoms with Gasteiger partial charge in [0.1, 0.15) is 0 Å². The fraction of sp³-hybridized carbons (Fsp3) is 0.688. The molecule has 2 aliphatic heterocycles. The van der Waals surface area contributed by atoms with Crippen molar-refractivity contribution in [2.75, 3.05) is 6.54 Å². The molecule has 2 saturated heterocycles. The van der Waals surface area contributed by atoms with E-state index in [1.807, 2.05) is 9.80 Å². The lowest BCUT2D eigenvalue weighted by Crippen LogP contribution is -2.57. The Balaban J connectivity index is 1.74. The highest BCUT2D eigenvalue weighted by atomic mass is 16.5. The Kier molecular flexibility index (Phi) is 2.86. The second kappa shape index (κ2) is 4.57. The second-order valence-electron chi connectivity index (χ2n) is 7.09. The molecular formula is C16H21N3O3. The third kappa shape index (κ3) is 1.69. The minimum atomic E-state index is -0.0812. The molecule has 0 radical (unpaired) electrons. The maximum absolute atomic E-state index is 12.9. The largest absolute Gasteiger partial charge is 0.351 e. The molecule has 0 N–H and O–H groups in total. The average Bonchev–Trinajstić information content (AvgIpc) is 3.09. The summed E-state index contributed by atoms with van der Waals surface area (Å²) in [6.45, 7) is 4.53. The highest BCUT2D eigenvalue weighted by molar-refractivity contribution is 5.92. The monoisotopic (exact) mass is 303 g/mol. The summed E-state index contributed by atoms with van der Waals surface area (Å²) in [5.74, 6) is 0.338. The first-order valence-electron chi connectivity index (χ1n) is 8.03. The highest BCUT2D eigenvalue weighted by Gasteiger charge is 2.61. The van der Waals surface area contributed by atoms with E-state index in [1.54, 1.807) is 13.0 Å². The van der Waals surface area contributed by atoms with Gasteiger partial charge in [-0.1, -0.05) is 12.1 Å². The van der Waals surface area contributed by atoms with Gasteiger partial charge in [0.15, 0.2) is 0 Å². The van der Waals surface area contributed by atoms with E-state index in [-0.39, 0.29) is 35.4 Å². The molecule has 3 fully saturated rings. The Morgan fingerprint density at radius 1 is 1.36 bits per heavy atom. The first-order valence-corrected chi connectivity index (χ1v) is 8.03. The highest BCUT2D eigenvalue weighted by Crippen LogP contribution is 2.54. The van der Waals surface area contributed by atoms with Crippen LogP contribution in [0.15, 0.2) is 16.8 Å². The first-order chi connectivity index (χ1) is 10.5. The zero-order valence-corrected chi connectivity index (χ0v) is 13.0. The summed E-state index contributed by atoms with van der Waals surface area (Å²) in [6, 6.07) is 2.16. The van der Waals surface area contributed by atoms with Crippen LogP contribution in [0.5, 0.6) is 0 Å². The van der Waals surface area contributed by atoms with Crippen LogP contribution in [0.25, 0.3) is 0 Å². The molecule has 4 rings (SSSR count). The van der Waals surface area contributed by atoms with E-state index in [9.17, 15) is 9.59 Å². The topological polar surface area (TPSA) is 66.7 Å². The van der Waals surface area contributed by atoms with Gasteiger partial charge in [0.05, 0.1) is 12.2 Å². The predicted octanol–water partition coefficient (Wildman–Crippen LogP) is 1.68. The van der Waals surface area contributed by atoms with Crippen LogP contribution in [-0.2, 0) is 4.79 Å². The maximum atomic E-state index is 12.9. The van der Waals surface area contributed by atoms with Crippen LogP contribution in [0.2, 0.25) is 0 Å². The molecule has 22 heavy (non-hydrogen) atoms. The molecule has 6 heteroatoms. The number of rotatable bonds is 1. The van der Waals surface area contributed by atoms with Crippen molar-refractivity contribution in [1.82, 2.24) is 15.0 Å². The third-order valence-corrected chi connectivity index (χ3v) is 5.95. The summed E-state index contributed by atoms with van der Waals surface area (Å²) in [6.07, 6.45) is 5.59. The van der Waals surface area contributed by atoms with Gasteiger partial charge in [-0.2, -0.15) is 0 Å². The van der Waals surface area contributed by atoms with Crippen molar-refractivity contribution >= 4 is 11.8 Å². The average molecular weight is 303 g/mol. The van der Waals surface area contributed by atoms with Crippen LogP contribution in [-0.4, -0.2) is 51.4 Å². The lowest BCUT2D eigenvalue weighted by molar-refractivity contribution is -0.137. The fourth-order valence-electron chi connectivity index (χ4n) is 5.10.